The molecular formula is C32H25F2N5O5S. The third kappa shape index (κ3) is 7.02. The predicted molar refractivity (Wildman–Crippen MR) is 158 cm³/mol. The third-order valence-electron chi connectivity index (χ3n) is 7.07. The fraction of sp³-hybridized carbons (Fsp3) is 0.188. The first-order chi connectivity index (χ1) is 21.7. The third-order valence-corrected chi connectivity index (χ3v) is 8.10. The van der Waals surface area contributed by atoms with E-state index in [0.717, 1.165) is 17.2 Å². The Morgan fingerprint density at radius 2 is 1.82 bits per heavy atom. The number of carbonyl (C=O) groups excluding carboxylic acids is 2. The molecule has 45 heavy (non-hydrogen) atoms. The Balaban J connectivity index is 1.47. The van der Waals surface area contributed by atoms with Gasteiger partial charge in [0.05, 0.1) is 35.4 Å². The summed E-state index contributed by atoms with van der Waals surface area (Å²) in [5.74, 6) is -3.40. The largest absolute Gasteiger partial charge is 0.512 e. The van der Waals surface area contributed by atoms with Gasteiger partial charge in [-0.15, -0.1) is 11.3 Å². The van der Waals surface area contributed by atoms with Crippen molar-refractivity contribution in [3.8, 4) is 17.3 Å². The van der Waals surface area contributed by atoms with Crippen molar-refractivity contribution in [2.75, 3.05) is 6.79 Å². The molecule has 0 aliphatic carbocycles. The van der Waals surface area contributed by atoms with Crippen LogP contribution in [0.3, 0.4) is 0 Å². The van der Waals surface area contributed by atoms with E-state index in [0.29, 0.717) is 22.3 Å². The maximum Gasteiger partial charge on any atom is 0.512 e. The number of nitrogens with zero attached hydrogens (tertiary/aromatic N) is 5. The van der Waals surface area contributed by atoms with Crippen LogP contribution in [0.5, 0.6) is 0 Å². The van der Waals surface area contributed by atoms with Gasteiger partial charge in [-0.25, -0.2) is 33.0 Å². The lowest BCUT2D eigenvalue weighted by Gasteiger charge is -2.37. The standard InChI is InChI=1S/C32H25F2N5O5S/c1-20-3-7-24(8-4-20)30(40)42-19-43-31(41)44-32(16-39-18-36-17-37-39,26-12-11-25(33)13-27(26)34)21(2)29-38-28(15-45-29)23-9-5-22(14-35)6-10-23/h3-13,15,17-18,21H,16,19H2,1-2H3/t21-,32+/m0/s1. The van der Waals surface area contributed by atoms with Crippen LogP contribution in [0.1, 0.15) is 44.9 Å². The Kier molecular flexibility index (Phi) is 9.25. The Hall–Kier alpha value is -5.48. The lowest BCUT2D eigenvalue weighted by atomic mass is 9.81. The van der Waals surface area contributed by atoms with Gasteiger partial charge in [0.2, 0.25) is 6.79 Å². The zero-order valence-corrected chi connectivity index (χ0v) is 24.8. The van der Waals surface area contributed by atoms with Crippen LogP contribution in [-0.2, 0) is 26.4 Å². The number of halogens is 2. The molecule has 0 aliphatic rings. The van der Waals surface area contributed by atoms with Crippen molar-refractivity contribution in [1.82, 2.24) is 19.7 Å². The predicted octanol–water partition coefficient (Wildman–Crippen LogP) is 6.53. The lowest BCUT2D eigenvalue weighted by Crippen LogP contribution is -2.43. The highest BCUT2D eigenvalue weighted by molar-refractivity contribution is 7.10. The minimum absolute atomic E-state index is 0.171. The molecule has 5 aromatic rings. The molecule has 0 spiro atoms. The smallest absolute Gasteiger partial charge is 0.424 e. The van der Waals surface area contributed by atoms with Gasteiger partial charge in [0.1, 0.15) is 29.3 Å². The summed E-state index contributed by atoms with van der Waals surface area (Å²) in [6.07, 6.45) is 1.32. The molecule has 2 aromatic heterocycles. The monoisotopic (exact) mass is 629 g/mol. The van der Waals surface area contributed by atoms with Crippen LogP contribution in [0.2, 0.25) is 0 Å². The Labute approximate surface area is 260 Å². The van der Waals surface area contributed by atoms with Gasteiger partial charge in [-0.3, -0.25) is 0 Å². The van der Waals surface area contributed by atoms with E-state index in [9.17, 15) is 14.0 Å². The van der Waals surface area contributed by atoms with Gasteiger partial charge in [0.15, 0.2) is 5.60 Å². The van der Waals surface area contributed by atoms with E-state index in [2.05, 4.69) is 16.2 Å². The molecule has 0 bridgehead atoms. The van der Waals surface area contributed by atoms with E-state index in [1.54, 1.807) is 60.8 Å². The molecule has 5 rings (SSSR count). The van der Waals surface area contributed by atoms with Gasteiger partial charge >= 0.3 is 12.1 Å². The minimum atomic E-state index is -1.90. The number of thiazole rings is 1. The molecule has 3 aromatic carbocycles. The summed E-state index contributed by atoms with van der Waals surface area (Å²) in [6.45, 7) is 2.49. The summed E-state index contributed by atoms with van der Waals surface area (Å²) in [5.41, 5.74) is 0.917. The highest BCUT2D eigenvalue weighted by Crippen LogP contribution is 2.45. The van der Waals surface area contributed by atoms with Crippen molar-refractivity contribution in [1.29, 1.82) is 5.26 Å². The average Bonchev–Trinajstić information content (AvgIpc) is 3.73. The maximum atomic E-state index is 15.6. The number of rotatable bonds is 10. The normalized spacial score (nSPS) is 12.9. The van der Waals surface area contributed by atoms with Crippen LogP contribution in [0.15, 0.2) is 84.8 Å². The van der Waals surface area contributed by atoms with Gasteiger partial charge in [0.25, 0.3) is 0 Å². The zero-order chi connectivity index (χ0) is 32.0. The highest BCUT2D eigenvalue weighted by Gasteiger charge is 2.47. The molecule has 10 nitrogen and oxygen atoms in total. The fourth-order valence-corrected chi connectivity index (χ4v) is 5.60. The number of aromatic nitrogens is 4. The van der Waals surface area contributed by atoms with Crippen molar-refractivity contribution in [2.45, 2.75) is 31.9 Å². The first kappa shape index (κ1) is 31.0. The van der Waals surface area contributed by atoms with Crippen molar-refractivity contribution >= 4 is 23.5 Å². The minimum Gasteiger partial charge on any atom is -0.424 e. The van der Waals surface area contributed by atoms with Crippen molar-refractivity contribution in [3.05, 3.63) is 124 Å². The number of ether oxygens (including phenoxy) is 3. The summed E-state index contributed by atoms with van der Waals surface area (Å²) in [7, 11) is 0. The molecule has 0 amide bonds. The summed E-state index contributed by atoms with van der Waals surface area (Å²) in [6, 6.07) is 18.4. The number of esters is 1. The van der Waals surface area contributed by atoms with Crippen LogP contribution in [0, 0.1) is 29.9 Å². The fourth-order valence-electron chi connectivity index (χ4n) is 4.64. The highest BCUT2D eigenvalue weighted by atomic mass is 32.1. The SMILES string of the molecule is Cc1ccc(C(=O)OCOC(=O)O[C@@](Cn2cncn2)(c2ccc(F)cc2F)[C@@H](C)c2nc(-c3ccc(C#N)cc3)cs2)cc1. The molecule has 13 heteroatoms. The number of nitriles is 1. The lowest BCUT2D eigenvalue weighted by molar-refractivity contribution is -0.0881. The van der Waals surface area contributed by atoms with E-state index in [4.69, 9.17) is 24.5 Å². The average molecular weight is 630 g/mol. The first-order valence-corrected chi connectivity index (χ1v) is 14.4. The quantitative estimate of drug-likeness (QED) is 0.125. The second kappa shape index (κ2) is 13.4. The molecule has 228 valence electrons. The number of hydrogen-bond acceptors (Lipinski definition) is 10. The molecule has 0 saturated carbocycles. The van der Waals surface area contributed by atoms with Crippen molar-refractivity contribution < 1.29 is 32.6 Å². The first-order valence-electron chi connectivity index (χ1n) is 13.5. The molecule has 2 heterocycles. The van der Waals surface area contributed by atoms with E-state index in [1.807, 2.05) is 6.92 Å². The topological polar surface area (TPSA) is 129 Å². The molecule has 0 aliphatic heterocycles. The van der Waals surface area contributed by atoms with Crippen LogP contribution in [0.4, 0.5) is 13.6 Å². The molecule has 0 N–H and O–H groups in total. The second-order valence-electron chi connectivity index (χ2n) is 10.0. The van der Waals surface area contributed by atoms with Gasteiger partial charge < -0.3 is 14.2 Å². The van der Waals surface area contributed by atoms with Crippen LogP contribution >= 0.6 is 11.3 Å². The molecule has 0 radical (unpaired) electrons. The maximum absolute atomic E-state index is 15.6. The Bertz CT molecular complexity index is 1840. The Morgan fingerprint density at radius 3 is 2.49 bits per heavy atom. The van der Waals surface area contributed by atoms with Crippen LogP contribution in [0.25, 0.3) is 11.3 Å². The number of hydrogen-bond donors (Lipinski definition) is 0. The zero-order valence-electron chi connectivity index (χ0n) is 24.0. The van der Waals surface area contributed by atoms with E-state index in [1.165, 1.54) is 34.7 Å². The molecule has 0 fully saturated rings. The van der Waals surface area contributed by atoms with Crippen LogP contribution < -0.4 is 0 Å². The second-order valence-corrected chi connectivity index (χ2v) is 10.9. The van der Waals surface area contributed by atoms with Gasteiger partial charge in [0, 0.05) is 22.6 Å². The number of carbonyl (C=O) groups is 2. The molecular weight excluding hydrogens is 604 g/mol. The summed E-state index contributed by atoms with van der Waals surface area (Å²) in [5, 5.41) is 15.5. The van der Waals surface area contributed by atoms with E-state index in [-0.39, 0.29) is 17.7 Å². The molecule has 0 saturated heterocycles. The van der Waals surface area contributed by atoms with Gasteiger partial charge in [-0.1, -0.05) is 36.8 Å². The summed E-state index contributed by atoms with van der Waals surface area (Å²) < 4.78 is 47.1. The van der Waals surface area contributed by atoms with Gasteiger partial charge in [-0.05, 0) is 43.3 Å². The summed E-state index contributed by atoms with van der Waals surface area (Å²) in [4.78, 5) is 34.3. The van der Waals surface area contributed by atoms with E-state index < -0.39 is 42.1 Å². The summed E-state index contributed by atoms with van der Waals surface area (Å²) >= 11 is 1.23. The van der Waals surface area contributed by atoms with Gasteiger partial charge in [-0.2, -0.15) is 10.4 Å². The number of aryl methyl sites for hydroxylation is 1. The van der Waals surface area contributed by atoms with Crippen molar-refractivity contribution in [2.24, 2.45) is 0 Å². The molecule has 0 unspecified atom stereocenters. The Morgan fingerprint density at radius 1 is 1.07 bits per heavy atom. The van der Waals surface area contributed by atoms with Crippen LogP contribution in [-0.4, -0.2) is 38.7 Å². The molecule has 2 atom stereocenters. The number of benzene rings is 3. The van der Waals surface area contributed by atoms with E-state index >= 15 is 4.39 Å². The van der Waals surface area contributed by atoms with Crippen molar-refractivity contribution in [3.63, 3.8) is 0 Å².